The normalized spacial score (nSPS) is 18.7. The largest absolute Gasteiger partial charge is 0.389 e. The minimum Gasteiger partial charge on any atom is -0.389 e. The summed E-state index contributed by atoms with van der Waals surface area (Å²) in [6, 6.07) is 1.96. The molecule has 1 saturated heterocycles. The van der Waals surface area contributed by atoms with E-state index in [0.29, 0.717) is 4.99 Å². The Morgan fingerprint density at radius 2 is 2.28 bits per heavy atom. The van der Waals surface area contributed by atoms with Gasteiger partial charge < -0.3 is 10.6 Å². The van der Waals surface area contributed by atoms with Crippen LogP contribution in [0.4, 0.5) is 5.82 Å². The maximum absolute atomic E-state index is 5.85. The average molecular weight is 281 g/mol. The number of rotatable bonds is 2. The summed E-state index contributed by atoms with van der Waals surface area (Å²) in [5, 5.41) is 0. The second kappa shape index (κ2) is 5.05. The minimum absolute atomic E-state index is 0.247. The van der Waals surface area contributed by atoms with Crippen LogP contribution in [0.5, 0.6) is 0 Å². The highest BCUT2D eigenvalue weighted by atomic mass is 32.2. The van der Waals surface area contributed by atoms with Crippen molar-refractivity contribution >= 4 is 34.8 Å². The molecule has 1 aliphatic rings. The number of nitrogens with two attached hydrogens (primary N) is 1. The van der Waals surface area contributed by atoms with Crippen LogP contribution in [0.25, 0.3) is 0 Å². The first-order valence-corrected chi connectivity index (χ1v) is 7.44. The smallest absolute Gasteiger partial charge is 0.139 e. The molecule has 0 aromatic carbocycles. The first-order chi connectivity index (χ1) is 8.41. The molecule has 0 amide bonds. The molecule has 1 fully saturated rings. The van der Waals surface area contributed by atoms with Gasteiger partial charge in [-0.3, -0.25) is 0 Å². The molecular formula is C13H19N3S2. The molecule has 98 valence electrons. The van der Waals surface area contributed by atoms with Crippen molar-refractivity contribution in [1.29, 1.82) is 0 Å². The summed E-state index contributed by atoms with van der Waals surface area (Å²) in [6.07, 6.45) is 1.83. The molecule has 0 spiro atoms. The molecule has 0 bridgehead atoms. The number of thiocarbonyl (C=S) groups is 1. The van der Waals surface area contributed by atoms with Crippen LogP contribution in [0.1, 0.15) is 25.0 Å². The van der Waals surface area contributed by atoms with Gasteiger partial charge in [0.05, 0.1) is 5.56 Å². The molecule has 1 aromatic rings. The van der Waals surface area contributed by atoms with Crippen LogP contribution in [0.3, 0.4) is 0 Å². The standard InChI is InChI=1S/C13H19N3S2/c1-9-4-5-15-12(10(9)11(14)17)16-6-7-18-13(2,3)8-16/h4-5H,6-8H2,1-3H3,(H2,14,17). The maximum Gasteiger partial charge on any atom is 0.139 e. The van der Waals surface area contributed by atoms with E-state index in [-0.39, 0.29) is 4.75 Å². The molecule has 5 heteroatoms. The molecule has 0 saturated carbocycles. The Hall–Kier alpha value is -0.810. The maximum atomic E-state index is 5.85. The zero-order valence-electron chi connectivity index (χ0n) is 11.1. The van der Waals surface area contributed by atoms with Gasteiger partial charge in [0.15, 0.2) is 0 Å². The fourth-order valence-corrected chi connectivity index (χ4v) is 3.65. The van der Waals surface area contributed by atoms with Crippen LogP contribution in [-0.2, 0) is 0 Å². The van der Waals surface area contributed by atoms with E-state index >= 15 is 0 Å². The Morgan fingerprint density at radius 3 is 2.89 bits per heavy atom. The van der Waals surface area contributed by atoms with Gasteiger partial charge in [0.25, 0.3) is 0 Å². The number of hydrogen-bond donors (Lipinski definition) is 1. The van der Waals surface area contributed by atoms with E-state index in [1.807, 2.05) is 30.9 Å². The van der Waals surface area contributed by atoms with Crippen molar-refractivity contribution in [3.63, 3.8) is 0 Å². The third-order valence-corrected chi connectivity index (χ3v) is 4.61. The van der Waals surface area contributed by atoms with E-state index in [9.17, 15) is 0 Å². The summed E-state index contributed by atoms with van der Waals surface area (Å²) >= 11 is 7.17. The van der Waals surface area contributed by atoms with Gasteiger partial charge in [0.1, 0.15) is 10.8 Å². The van der Waals surface area contributed by atoms with E-state index in [4.69, 9.17) is 18.0 Å². The number of nitrogens with zero attached hydrogens (tertiary/aromatic N) is 2. The summed E-state index contributed by atoms with van der Waals surface area (Å²) < 4.78 is 0.247. The van der Waals surface area contributed by atoms with Gasteiger partial charge in [-0.15, -0.1) is 0 Å². The molecule has 2 rings (SSSR count). The molecule has 2 N–H and O–H groups in total. The van der Waals surface area contributed by atoms with E-state index < -0.39 is 0 Å². The zero-order chi connectivity index (χ0) is 13.3. The van der Waals surface area contributed by atoms with Crippen LogP contribution < -0.4 is 10.6 Å². The second-order valence-corrected chi connectivity index (χ2v) is 7.46. The molecule has 2 heterocycles. The third-order valence-electron chi connectivity index (χ3n) is 3.11. The topological polar surface area (TPSA) is 42.2 Å². The van der Waals surface area contributed by atoms with Crippen LogP contribution >= 0.6 is 24.0 Å². The molecule has 0 radical (unpaired) electrons. The van der Waals surface area contributed by atoms with Gasteiger partial charge in [-0.1, -0.05) is 12.2 Å². The van der Waals surface area contributed by atoms with Crippen LogP contribution in [0, 0.1) is 6.92 Å². The Labute approximate surface area is 118 Å². The van der Waals surface area contributed by atoms with Crippen molar-refractivity contribution in [2.45, 2.75) is 25.5 Å². The quantitative estimate of drug-likeness (QED) is 0.843. The number of pyridine rings is 1. The molecular weight excluding hydrogens is 262 g/mol. The van der Waals surface area contributed by atoms with E-state index in [1.54, 1.807) is 0 Å². The SMILES string of the molecule is Cc1ccnc(N2CCSC(C)(C)C2)c1C(N)=S. The average Bonchev–Trinajstić information content (AvgIpc) is 2.26. The van der Waals surface area contributed by atoms with E-state index in [2.05, 4.69) is 23.7 Å². The first kappa shape index (κ1) is 13.6. The predicted octanol–water partition coefficient (Wildman–Crippen LogP) is 2.36. The van der Waals surface area contributed by atoms with Crippen LogP contribution in [0.2, 0.25) is 0 Å². The molecule has 1 aromatic heterocycles. The molecule has 0 atom stereocenters. The Kier molecular flexibility index (Phi) is 3.82. The number of thioether (sulfide) groups is 1. The van der Waals surface area contributed by atoms with Crippen molar-refractivity contribution in [3.05, 3.63) is 23.4 Å². The van der Waals surface area contributed by atoms with Crippen LogP contribution in [-0.4, -0.2) is 33.6 Å². The van der Waals surface area contributed by atoms with Gasteiger partial charge in [0, 0.05) is 29.8 Å². The van der Waals surface area contributed by atoms with Gasteiger partial charge in [-0.25, -0.2) is 4.98 Å². The zero-order valence-corrected chi connectivity index (χ0v) is 12.7. The predicted molar refractivity (Wildman–Crippen MR) is 83.6 cm³/mol. The summed E-state index contributed by atoms with van der Waals surface area (Å²) in [5.74, 6) is 2.05. The summed E-state index contributed by atoms with van der Waals surface area (Å²) in [4.78, 5) is 7.24. The monoisotopic (exact) mass is 281 g/mol. The lowest BCUT2D eigenvalue weighted by atomic mass is 10.1. The molecule has 0 unspecified atom stereocenters. The molecule has 0 aliphatic carbocycles. The minimum atomic E-state index is 0.247. The Bertz CT molecular complexity index is 471. The number of hydrogen-bond acceptors (Lipinski definition) is 4. The number of aryl methyl sites for hydroxylation is 1. The van der Waals surface area contributed by atoms with Crippen LogP contribution in [0.15, 0.2) is 12.3 Å². The van der Waals surface area contributed by atoms with E-state index in [0.717, 1.165) is 35.8 Å². The number of anilines is 1. The van der Waals surface area contributed by atoms with Crippen molar-refractivity contribution in [1.82, 2.24) is 4.98 Å². The highest BCUT2D eigenvalue weighted by molar-refractivity contribution is 8.00. The fourth-order valence-electron chi connectivity index (χ4n) is 2.29. The Balaban J connectivity index is 2.39. The van der Waals surface area contributed by atoms with Gasteiger partial charge in [-0.05, 0) is 32.4 Å². The molecule has 3 nitrogen and oxygen atoms in total. The highest BCUT2D eigenvalue weighted by Crippen LogP contribution is 2.33. The summed E-state index contributed by atoms with van der Waals surface area (Å²) in [7, 11) is 0. The van der Waals surface area contributed by atoms with Crippen molar-refractivity contribution < 1.29 is 0 Å². The lowest BCUT2D eigenvalue weighted by Crippen LogP contribution is -2.44. The molecule has 1 aliphatic heterocycles. The summed E-state index contributed by atoms with van der Waals surface area (Å²) in [6.45, 7) is 8.54. The van der Waals surface area contributed by atoms with Crippen molar-refractivity contribution in [2.75, 3.05) is 23.7 Å². The lowest BCUT2D eigenvalue weighted by molar-refractivity contribution is 0.642. The van der Waals surface area contributed by atoms with E-state index in [1.165, 1.54) is 0 Å². The lowest BCUT2D eigenvalue weighted by Gasteiger charge is -2.39. The van der Waals surface area contributed by atoms with Crippen molar-refractivity contribution in [3.8, 4) is 0 Å². The second-order valence-electron chi connectivity index (χ2n) is 5.22. The van der Waals surface area contributed by atoms with Gasteiger partial charge in [0.2, 0.25) is 0 Å². The molecule has 18 heavy (non-hydrogen) atoms. The summed E-state index contributed by atoms with van der Waals surface area (Å²) in [5.41, 5.74) is 7.88. The number of aromatic nitrogens is 1. The third kappa shape index (κ3) is 2.78. The first-order valence-electron chi connectivity index (χ1n) is 6.05. The Morgan fingerprint density at radius 1 is 1.56 bits per heavy atom. The van der Waals surface area contributed by atoms with Gasteiger partial charge >= 0.3 is 0 Å². The fraction of sp³-hybridized carbons (Fsp3) is 0.538. The van der Waals surface area contributed by atoms with Gasteiger partial charge in [-0.2, -0.15) is 11.8 Å². The highest BCUT2D eigenvalue weighted by Gasteiger charge is 2.29. The van der Waals surface area contributed by atoms with Crippen molar-refractivity contribution in [2.24, 2.45) is 5.73 Å².